The third-order valence-corrected chi connectivity index (χ3v) is 6.44. The molecule has 1 saturated heterocycles. The number of carbonyl (C=O) groups excluding carboxylic acids is 1. The number of anilines is 3. The van der Waals surface area contributed by atoms with E-state index in [4.69, 9.17) is 6.42 Å². The summed E-state index contributed by atoms with van der Waals surface area (Å²) in [6.45, 7) is 4.66. The number of hydrogen-bond acceptors (Lipinski definition) is 7. The van der Waals surface area contributed by atoms with E-state index in [-0.39, 0.29) is 11.5 Å². The number of aryl methyl sites for hydroxylation is 1. The number of amides is 1. The van der Waals surface area contributed by atoms with Crippen LogP contribution in [0.1, 0.15) is 24.0 Å². The van der Waals surface area contributed by atoms with Crippen molar-refractivity contribution in [1.29, 1.82) is 0 Å². The molecule has 3 aromatic rings. The lowest BCUT2D eigenvalue weighted by atomic mass is 10.1. The molecule has 34 heavy (non-hydrogen) atoms. The third-order valence-electron chi connectivity index (χ3n) is 6.44. The standard InChI is InChI=1S/C25H27N7O2/c1-3-17-14-23(34)32-8-4-5-22(33)26-15-18-13-19(28-25-27-16-20(17)24(32)29-25)6-7-21(18)31-11-9-30(2)10-12-31/h1,6-7,13-14,16H,4-5,8-12,15H2,2H3,(H,26,33)(H,27,28,29). The van der Waals surface area contributed by atoms with Crippen molar-refractivity contribution in [1.82, 2.24) is 24.8 Å². The first-order valence-corrected chi connectivity index (χ1v) is 11.5. The van der Waals surface area contributed by atoms with Crippen LogP contribution in [0.4, 0.5) is 17.3 Å². The van der Waals surface area contributed by atoms with Crippen LogP contribution in [0.5, 0.6) is 0 Å². The molecule has 0 unspecified atom stereocenters. The Labute approximate surface area is 197 Å². The Hall–Kier alpha value is -3.90. The minimum atomic E-state index is -0.239. The average Bonchev–Trinajstić information content (AvgIpc) is 2.84. The van der Waals surface area contributed by atoms with Crippen molar-refractivity contribution in [2.24, 2.45) is 0 Å². The molecule has 2 aliphatic rings. The number of likely N-dealkylation sites (N-methyl/N-ethyl adjacent to an activating group) is 1. The van der Waals surface area contributed by atoms with Gasteiger partial charge in [-0.05, 0) is 37.2 Å². The van der Waals surface area contributed by atoms with Crippen LogP contribution in [-0.4, -0.2) is 58.6 Å². The number of aromatic nitrogens is 3. The maximum atomic E-state index is 12.7. The summed E-state index contributed by atoms with van der Waals surface area (Å²) in [5.74, 6) is 2.89. The maximum Gasteiger partial charge on any atom is 0.253 e. The largest absolute Gasteiger partial charge is 0.369 e. The number of piperazine rings is 1. The molecule has 2 N–H and O–H groups in total. The molecule has 1 amide bonds. The Morgan fingerprint density at radius 2 is 1.91 bits per heavy atom. The highest BCUT2D eigenvalue weighted by molar-refractivity contribution is 5.83. The van der Waals surface area contributed by atoms with E-state index in [2.05, 4.69) is 49.4 Å². The van der Waals surface area contributed by atoms with E-state index >= 15 is 0 Å². The molecular weight excluding hydrogens is 430 g/mol. The van der Waals surface area contributed by atoms with Gasteiger partial charge in [-0.15, -0.1) is 6.42 Å². The van der Waals surface area contributed by atoms with Crippen molar-refractivity contribution in [3.63, 3.8) is 0 Å². The lowest BCUT2D eigenvalue weighted by molar-refractivity contribution is -0.121. The van der Waals surface area contributed by atoms with Crippen LogP contribution in [-0.2, 0) is 17.9 Å². The number of nitrogens with one attached hydrogen (secondary N) is 2. The molecule has 174 valence electrons. The predicted molar refractivity (Wildman–Crippen MR) is 132 cm³/mol. The van der Waals surface area contributed by atoms with Crippen molar-refractivity contribution >= 4 is 34.3 Å². The van der Waals surface area contributed by atoms with Crippen LogP contribution in [0.25, 0.3) is 11.0 Å². The van der Waals surface area contributed by atoms with Gasteiger partial charge in [0, 0.05) is 74.9 Å². The lowest BCUT2D eigenvalue weighted by Crippen LogP contribution is -2.45. The fourth-order valence-electron chi connectivity index (χ4n) is 4.52. The van der Waals surface area contributed by atoms with Crippen molar-refractivity contribution in [2.75, 3.05) is 43.4 Å². The zero-order chi connectivity index (χ0) is 23.7. The van der Waals surface area contributed by atoms with Gasteiger partial charge in [-0.2, -0.15) is 4.98 Å². The number of terminal acetylenes is 1. The van der Waals surface area contributed by atoms with Crippen LogP contribution < -0.4 is 21.1 Å². The van der Waals surface area contributed by atoms with Gasteiger partial charge in [0.15, 0.2) is 0 Å². The van der Waals surface area contributed by atoms with Gasteiger partial charge in [-0.1, -0.05) is 5.92 Å². The second-order valence-electron chi connectivity index (χ2n) is 8.76. The van der Waals surface area contributed by atoms with E-state index in [1.807, 2.05) is 12.1 Å². The fraction of sp³-hybridized carbons (Fsp3) is 0.360. The van der Waals surface area contributed by atoms with E-state index in [9.17, 15) is 9.59 Å². The number of nitrogens with zero attached hydrogens (tertiary/aromatic N) is 5. The summed E-state index contributed by atoms with van der Waals surface area (Å²) in [6.07, 6.45) is 8.08. The minimum Gasteiger partial charge on any atom is -0.369 e. The first-order chi connectivity index (χ1) is 16.5. The zero-order valence-electron chi connectivity index (χ0n) is 19.2. The number of hydrogen-bond donors (Lipinski definition) is 2. The molecule has 0 saturated carbocycles. The highest BCUT2D eigenvalue weighted by Crippen LogP contribution is 2.27. The molecule has 2 aromatic heterocycles. The second-order valence-corrected chi connectivity index (χ2v) is 8.76. The predicted octanol–water partition coefficient (Wildman–Crippen LogP) is 1.68. The summed E-state index contributed by atoms with van der Waals surface area (Å²) in [6, 6.07) is 7.52. The monoisotopic (exact) mass is 457 g/mol. The molecular formula is C25H27N7O2. The topological polar surface area (TPSA) is 95.4 Å². The summed E-state index contributed by atoms with van der Waals surface area (Å²) < 4.78 is 1.56. The Morgan fingerprint density at radius 1 is 1.09 bits per heavy atom. The number of benzene rings is 1. The SMILES string of the molecule is C#Cc1cc(=O)n2c3nc(ncc13)Nc1ccc(N3CCN(C)CC3)c(c1)CNC(=O)CCC2. The smallest absolute Gasteiger partial charge is 0.253 e. The number of fused-ring (bicyclic) bond motifs is 3. The first-order valence-electron chi connectivity index (χ1n) is 11.5. The average molecular weight is 458 g/mol. The van der Waals surface area contributed by atoms with Crippen molar-refractivity contribution < 1.29 is 4.79 Å². The molecule has 9 nitrogen and oxygen atoms in total. The molecule has 4 heterocycles. The van der Waals surface area contributed by atoms with Gasteiger partial charge in [-0.25, -0.2) is 4.98 Å². The summed E-state index contributed by atoms with van der Waals surface area (Å²) >= 11 is 0. The molecule has 9 heteroatoms. The third kappa shape index (κ3) is 4.32. The van der Waals surface area contributed by atoms with Gasteiger partial charge in [-0.3, -0.25) is 14.2 Å². The molecule has 0 atom stereocenters. The number of carbonyl (C=O) groups is 1. The lowest BCUT2D eigenvalue weighted by Gasteiger charge is -2.35. The second kappa shape index (κ2) is 9.15. The molecule has 1 fully saturated rings. The van der Waals surface area contributed by atoms with E-state index in [0.29, 0.717) is 48.5 Å². The molecule has 0 aliphatic carbocycles. The van der Waals surface area contributed by atoms with Crippen molar-refractivity contribution in [3.8, 4) is 12.3 Å². The minimum absolute atomic E-state index is 0.0485. The Kier molecular flexibility index (Phi) is 5.90. The van der Waals surface area contributed by atoms with Gasteiger partial charge in [0.25, 0.3) is 5.56 Å². The van der Waals surface area contributed by atoms with E-state index < -0.39 is 0 Å². The van der Waals surface area contributed by atoms with Crippen molar-refractivity contribution in [3.05, 3.63) is 51.9 Å². The summed E-state index contributed by atoms with van der Waals surface area (Å²) in [5.41, 5.74) is 3.65. The highest BCUT2D eigenvalue weighted by Gasteiger charge is 2.19. The molecule has 5 rings (SSSR count). The van der Waals surface area contributed by atoms with Crippen LogP contribution >= 0.6 is 0 Å². The fourth-order valence-corrected chi connectivity index (χ4v) is 4.52. The molecule has 0 spiro atoms. The maximum absolute atomic E-state index is 12.7. The van der Waals surface area contributed by atoms with E-state index in [1.54, 1.807) is 10.8 Å². The normalized spacial score (nSPS) is 17.1. The van der Waals surface area contributed by atoms with Gasteiger partial charge >= 0.3 is 0 Å². The number of rotatable bonds is 1. The van der Waals surface area contributed by atoms with Gasteiger partial charge in [0.2, 0.25) is 11.9 Å². The molecule has 4 bridgehead atoms. The quantitative estimate of drug-likeness (QED) is 0.537. The molecule has 1 aromatic carbocycles. The highest BCUT2D eigenvalue weighted by atomic mass is 16.1. The Bertz CT molecular complexity index is 1350. The molecule has 2 aliphatic heterocycles. The van der Waals surface area contributed by atoms with Gasteiger partial charge < -0.3 is 20.4 Å². The summed E-state index contributed by atoms with van der Waals surface area (Å²) in [4.78, 5) is 39.1. The van der Waals surface area contributed by atoms with E-state index in [0.717, 1.165) is 43.1 Å². The number of pyridine rings is 1. The van der Waals surface area contributed by atoms with Crippen LogP contribution in [0.2, 0.25) is 0 Å². The van der Waals surface area contributed by atoms with Crippen LogP contribution in [0.3, 0.4) is 0 Å². The van der Waals surface area contributed by atoms with Gasteiger partial charge in [0.05, 0.1) is 5.39 Å². The Morgan fingerprint density at radius 3 is 2.71 bits per heavy atom. The molecule has 0 radical (unpaired) electrons. The van der Waals surface area contributed by atoms with Crippen molar-refractivity contribution in [2.45, 2.75) is 25.9 Å². The zero-order valence-corrected chi connectivity index (χ0v) is 19.2. The summed E-state index contributed by atoms with van der Waals surface area (Å²) in [7, 11) is 2.13. The van der Waals surface area contributed by atoms with Crippen LogP contribution in [0, 0.1) is 12.3 Å². The first kappa shape index (κ1) is 21.9. The van der Waals surface area contributed by atoms with Gasteiger partial charge in [0.1, 0.15) is 5.65 Å². The summed E-state index contributed by atoms with van der Waals surface area (Å²) in [5, 5.41) is 6.94. The van der Waals surface area contributed by atoms with E-state index in [1.165, 1.54) is 6.07 Å². The Balaban J connectivity index is 1.57. The van der Waals surface area contributed by atoms with Crippen LogP contribution in [0.15, 0.2) is 35.3 Å².